The van der Waals surface area contributed by atoms with Crippen LogP contribution < -0.4 is 4.72 Å². The zero-order valence-corrected chi connectivity index (χ0v) is 12.4. The van der Waals surface area contributed by atoms with Crippen LogP contribution in [0.5, 0.6) is 5.75 Å². The van der Waals surface area contributed by atoms with Crippen LogP contribution in [0.4, 0.5) is 5.69 Å². The zero-order valence-electron chi connectivity index (χ0n) is 11.6. The molecule has 0 aliphatic carbocycles. The monoisotopic (exact) mass is 295 g/mol. The van der Waals surface area contributed by atoms with Crippen molar-refractivity contribution in [1.29, 1.82) is 0 Å². The maximum Gasteiger partial charge on any atom is 0.280 e. The molecule has 0 aliphatic heterocycles. The Morgan fingerprint density at radius 3 is 2.60 bits per heavy atom. The van der Waals surface area contributed by atoms with E-state index in [0.29, 0.717) is 23.6 Å². The Balaban J connectivity index is 2.32. The van der Waals surface area contributed by atoms with Crippen molar-refractivity contribution in [2.45, 2.75) is 32.3 Å². The third-order valence-corrected chi connectivity index (χ3v) is 4.27. The van der Waals surface area contributed by atoms with Gasteiger partial charge >= 0.3 is 0 Å². The summed E-state index contributed by atoms with van der Waals surface area (Å²) in [4.78, 5) is 4.05. The molecule has 0 amide bonds. The smallest absolute Gasteiger partial charge is 0.280 e. The summed E-state index contributed by atoms with van der Waals surface area (Å²) in [6, 6.07) is 4.52. The van der Waals surface area contributed by atoms with Gasteiger partial charge in [-0.05, 0) is 44.5 Å². The Hall–Kier alpha value is -2.02. The molecule has 2 rings (SSSR count). The Labute approximate surface area is 118 Å². The van der Waals surface area contributed by atoms with Gasteiger partial charge in [0.15, 0.2) is 5.03 Å². The predicted octanol–water partition coefficient (Wildman–Crippen LogP) is 2.03. The lowest BCUT2D eigenvalue weighted by Crippen LogP contribution is -2.13. The molecule has 7 heteroatoms. The van der Waals surface area contributed by atoms with Gasteiger partial charge in [-0.2, -0.15) is 8.42 Å². The highest BCUT2D eigenvalue weighted by molar-refractivity contribution is 7.92. The number of aryl methyl sites for hydroxylation is 3. The van der Waals surface area contributed by atoms with Gasteiger partial charge in [-0.1, -0.05) is 0 Å². The van der Waals surface area contributed by atoms with E-state index in [1.54, 1.807) is 24.5 Å². The number of imidazole rings is 1. The normalized spacial score (nSPS) is 11.6. The molecule has 6 nitrogen and oxygen atoms in total. The third-order valence-electron chi connectivity index (χ3n) is 3.02. The van der Waals surface area contributed by atoms with Gasteiger partial charge in [0.05, 0.1) is 0 Å². The quantitative estimate of drug-likeness (QED) is 0.845. The highest BCUT2D eigenvalue weighted by atomic mass is 32.2. The van der Waals surface area contributed by atoms with Crippen LogP contribution in [0.1, 0.15) is 18.3 Å². The van der Waals surface area contributed by atoms with Gasteiger partial charge in [0.1, 0.15) is 11.6 Å². The van der Waals surface area contributed by atoms with E-state index in [1.807, 2.05) is 6.92 Å². The molecule has 0 spiro atoms. The highest BCUT2D eigenvalue weighted by Crippen LogP contribution is 2.22. The number of sulfonamides is 1. The van der Waals surface area contributed by atoms with Crippen molar-refractivity contribution in [1.82, 2.24) is 9.55 Å². The van der Waals surface area contributed by atoms with Crippen LogP contribution in [0, 0.1) is 13.8 Å². The number of nitrogens with zero attached hydrogens (tertiary/aromatic N) is 2. The minimum atomic E-state index is -3.72. The van der Waals surface area contributed by atoms with Crippen molar-refractivity contribution in [2.75, 3.05) is 4.72 Å². The number of phenols is 1. The molecule has 2 N–H and O–H groups in total. The Morgan fingerprint density at radius 2 is 2.05 bits per heavy atom. The van der Waals surface area contributed by atoms with Gasteiger partial charge in [-0.25, -0.2) is 4.98 Å². The fraction of sp³-hybridized carbons (Fsp3) is 0.308. The molecule has 1 heterocycles. The number of aromatic hydroxyl groups is 1. The fourth-order valence-electron chi connectivity index (χ4n) is 1.86. The van der Waals surface area contributed by atoms with Gasteiger partial charge in [0, 0.05) is 18.4 Å². The molecular formula is C13H17N3O3S. The number of aromatic nitrogens is 2. The van der Waals surface area contributed by atoms with Gasteiger partial charge in [0.2, 0.25) is 0 Å². The molecule has 0 saturated carbocycles. The lowest BCUT2D eigenvalue weighted by molar-refractivity contribution is 0.471. The molecular weight excluding hydrogens is 278 g/mol. The SMILES string of the molecule is CCn1cc(S(=O)(=O)Nc2ccc(O)c(C)c2)nc1C. The van der Waals surface area contributed by atoms with Crippen molar-refractivity contribution in [3.8, 4) is 5.75 Å². The molecule has 0 radical (unpaired) electrons. The third kappa shape index (κ3) is 2.77. The van der Waals surface area contributed by atoms with E-state index < -0.39 is 10.0 Å². The van der Waals surface area contributed by atoms with Gasteiger partial charge in [-0.3, -0.25) is 4.72 Å². The highest BCUT2D eigenvalue weighted by Gasteiger charge is 2.19. The Bertz CT molecular complexity index is 735. The molecule has 0 fully saturated rings. The van der Waals surface area contributed by atoms with Crippen LogP contribution in [0.15, 0.2) is 29.4 Å². The Morgan fingerprint density at radius 1 is 1.35 bits per heavy atom. The number of nitrogens with one attached hydrogen (secondary N) is 1. The number of hydrogen-bond acceptors (Lipinski definition) is 4. The number of phenolic OH excluding ortho intramolecular Hbond substituents is 1. The van der Waals surface area contributed by atoms with Gasteiger partial charge in [0.25, 0.3) is 10.0 Å². The van der Waals surface area contributed by atoms with Crippen LogP contribution >= 0.6 is 0 Å². The van der Waals surface area contributed by atoms with E-state index in [1.165, 1.54) is 18.3 Å². The van der Waals surface area contributed by atoms with Gasteiger partial charge in [-0.15, -0.1) is 0 Å². The summed E-state index contributed by atoms with van der Waals surface area (Å²) < 4.78 is 28.7. The number of hydrogen-bond donors (Lipinski definition) is 2. The average molecular weight is 295 g/mol. The van der Waals surface area contributed by atoms with E-state index in [0.717, 1.165) is 0 Å². The van der Waals surface area contributed by atoms with Crippen LogP contribution in [0.25, 0.3) is 0 Å². The maximum absolute atomic E-state index is 12.2. The molecule has 0 aliphatic rings. The minimum Gasteiger partial charge on any atom is -0.508 e. The molecule has 20 heavy (non-hydrogen) atoms. The molecule has 0 bridgehead atoms. The van der Waals surface area contributed by atoms with E-state index in [-0.39, 0.29) is 10.8 Å². The first-order valence-electron chi connectivity index (χ1n) is 6.19. The molecule has 0 unspecified atom stereocenters. The molecule has 0 saturated heterocycles. The molecule has 0 atom stereocenters. The topological polar surface area (TPSA) is 84.2 Å². The second-order valence-corrected chi connectivity index (χ2v) is 6.15. The summed E-state index contributed by atoms with van der Waals surface area (Å²) in [7, 11) is -3.72. The van der Waals surface area contributed by atoms with E-state index in [4.69, 9.17) is 0 Å². The van der Waals surface area contributed by atoms with Crippen molar-refractivity contribution < 1.29 is 13.5 Å². The summed E-state index contributed by atoms with van der Waals surface area (Å²) in [5, 5.41) is 9.43. The first kappa shape index (κ1) is 14.4. The average Bonchev–Trinajstić information content (AvgIpc) is 2.76. The summed E-state index contributed by atoms with van der Waals surface area (Å²) >= 11 is 0. The summed E-state index contributed by atoms with van der Waals surface area (Å²) in [5.74, 6) is 0.772. The second-order valence-electron chi connectivity index (χ2n) is 4.52. The lowest BCUT2D eigenvalue weighted by Gasteiger charge is -2.07. The van der Waals surface area contributed by atoms with Crippen LogP contribution in [-0.2, 0) is 16.6 Å². The first-order chi connectivity index (χ1) is 9.33. The number of rotatable bonds is 4. The van der Waals surface area contributed by atoms with Crippen LogP contribution in [-0.4, -0.2) is 23.1 Å². The van der Waals surface area contributed by atoms with Crippen molar-refractivity contribution in [3.05, 3.63) is 35.8 Å². The molecule has 2 aromatic rings. The lowest BCUT2D eigenvalue weighted by atomic mass is 10.2. The number of benzene rings is 1. The second kappa shape index (κ2) is 5.16. The molecule has 1 aromatic heterocycles. The summed E-state index contributed by atoms with van der Waals surface area (Å²) in [5.41, 5.74) is 0.990. The Kier molecular flexibility index (Phi) is 3.71. The first-order valence-corrected chi connectivity index (χ1v) is 7.68. The predicted molar refractivity (Wildman–Crippen MR) is 76.3 cm³/mol. The van der Waals surface area contributed by atoms with Crippen molar-refractivity contribution >= 4 is 15.7 Å². The van der Waals surface area contributed by atoms with Crippen molar-refractivity contribution in [2.24, 2.45) is 0 Å². The summed E-state index contributed by atoms with van der Waals surface area (Å²) in [6.45, 7) is 6.03. The molecule has 1 aromatic carbocycles. The summed E-state index contributed by atoms with van der Waals surface area (Å²) in [6.07, 6.45) is 1.50. The van der Waals surface area contributed by atoms with E-state index >= 15 is 0 Å². The number of anilines is 1. The van der Waals surface area contributed by atoms with Crippen LogP contribution in [0.2, 0.25) is 0 Å². The fourth-order valence-corrected chi connectivity index (χ4v) is 2.92. The van der Waals surface area contributed by atoms with E-state index in [9.17, 15) is 13.5 Å². The largest absolute Gasteiger partial charge is 0.508 e. The van der Waals surface area contributed by atoms with Crippen molar-refractivity contribution in [3.63, 3.8) is 0 Å². The maximum atomic E-state index is 12.2. The van der Waals surface area contributed by atoms with E-state index in [2.05, 4.69) is 9.71 Å². The zero-order chi connectivity index (χ0) is 14.9. The van der Waals surface area contributed by atoms with Crippen LogP contribution in [0.3, 0.4) is 0 Å². The standard InChI is InChI=1S/C13H17N3O3S/c1-4-16-8-13(14-10(16)3)20(18,19)15-11-5-6-12(17)9(2)7-11/h5-8,15,17H,4H2,1-3H3. The minimum absolute atomic E-state index is 0.0115. The molecule has 108 valence electrons. The van der Waals surface area contributed by atoms with Gasteiger partial charge < -0.3 is 9.67 Å².